The summed E-state index contributed by atoms with van der Waals surface area (Å²) in [6.45, 7) is 0. The second kappa shape index (κ2) is 4.26. The van der Waals surface area contributed by atoms with Crippen LogP contribution in [0.3, 0.4) is 0 Å². The monoisotopic (exact) mass is 285 g/mol. The summed E-state index contributed by atoms with van der Waals surface area (Å²) in [5.41, 5.74) is 1.39. The summed E-state index contributed by atoms with van der Waals surface area (Å²) in [4.78, 5) is 0. The van der Waals surface area contributed by atoms with Crippen LogP contribution in [-0.2, 0) is 5.54 Å². The van der Waals surface area contributed by atoms with Crippen molar-refractivity contribution in [3.63, 3.8) is 0 Å². The van der Waals surface area contributed by atoms with Crippen LogP contribution < -0.4 is 14.8 Å². The van der Waals surface area contributed by atoms with Crippen LogP contribution in [0, 0.1) is 0 Å². The molecule has 1 aromatic rings. The van der Waals surface area contributed by atoms with E-state index in [9.17, 15) is 0 Å². The maximum absolute atomic E-state index is 5.34. The van der Waals surface area contributed by atoms with Gasteiger partial charge in [0.25, 0.3) is 0 Å². The molecule has 2 rings (SSSR count). The van der Waals surface area contributed by atoms with Crippen LogP contribution in [0.5, 0.6) is 11.5 Å². The standard InChI is InChI=1S/C12H16BrNO2/c1-14-12(4-5-12)8-6-9(13)11(16-3)10(7-8)15-2/h6-7,14H,4-5H2,1-3H3. The highest BCUT2D eigenvalue weighted by atomic mass is 79.9. The SMILES string of the molecule is CNC1(c2cc(Br)c(OC)c(OC)c2)CC1. The maximum atomic E-state index is 5.34. The number of halogens is 1. The maximum Gasteiger partial charge on any atom is 0.174 e. The lowest BCUT2D eigenvalue weighted by Crippen LogP contribution is -2.24. The molecule has 1 fully saturated rings. The highest BCUT2D eigenvalue weighted by Crippen LogP contribution is 2.49. The molecular formula is C12H16BrNO2. The quantitative estimate of drug-likeness (QED) is 0.923. The average molecular weight is 286 g/mol. The molecule has 1 aromatic carbocycles. The van der Waals surface area contributed by atoms with Gasteiger partial charge in [-0.1, -0.05) is 0 Å². The lowest BCUT2D eigenvalue weighted by atomic mass is 10.0. The number of hydrogen-bond donors (Lipinski definition) is 1. The minimum Gasteiger partial charge on any atom is -0.493 e. The Bertz CT molecular complexity index is 402. The topological polar surface area (TPSA) is 30.5 Å². The van der Waals surface area contributed by atoms with Gasteiger partial charge in [0, 0.05) is 5.54 Å². The molecule has 1 aliphatic rings. The fourth-order valence-corrected chi connectivity index (χ4v) is 2.61. The molecule has 1 saturated carbocycles. The number of methoxy groups -OCH3 is 2. The van der Waals surface area contributed by atoms with Crippen molar-refractivity contribution in [2.75, 3.05) is 21.3 Å². The zero-order valence-corrected chi connectivity index (χ0v) is 11.3. The molecule has 0 unspecified atom stereocenters. The summed E-state index contributed by atoms with van der Waals surface area (Å²) in [6.07, 6.45) is 2.34. The second-order valence-corrected chi connectivity index (χ2v) is 4.88. The van der Waals surface area contributed by atoms with Gasteiger partial charge in [0.1, 0.15) is 0 Å². The Balaban J connectivity index is 2.46. The molecule has 0 amide bonds. The van der Waals surface area contributed by atoms with Crippen LogP contribution in [0.4, 0.5) is 0 Å². The number of benzene rings is 1. The van der Waals surface area contributed by atoms with Crippen LogP contribution >= 0.6 is 15.9 Å². The third-order valence-corrected chi connectivity index (χ3v) is 3.80. The van der Waals surface area contributed by atoms with E-state index >= 15 is 0 Å². The lowest BCUT2D eigenvalue weighted by Gasteiger charge is -2.18. The first-order valence-electron chi connectivity index (χ1n) is 5.28. The van der Waals surface area contributed by atoms with Crippen molar-refractivity contribution in [3.05, 3.63) is 22.2 Å². The van der Waals surface area contributed by atoms with E-state index in [-0.39, 0.29) is 5.54 Å². The van der Waals surface area contributed by atoms with Crippen molar-refractivity contribution in [2.45, 2.75) is 18.4 Å². The van der Waals surface area contributed by atoms with Crippen LogP contribution in [0.15, 0.2) is 16.6 Å². The first-order valence-corrected chi connectivity index (χ1v) is 6.07. The zero-order valence-electron chi connectivity index (χ0n) is 9.76. The summed E-state index contributed by atoms with van der Waals surface area (Å²) in [7, 11) is 5.30. The van der Waals surface area contributed by atoms with Crippen LogP contribution in [0.2, 0.25) is 0 Å². The van der Waals surface area contributed by atoms with Crippen molar-refractivity contribution >= 4 is 15.9 Å². The van der Waals surface area contributed by atoms with Gasteiger partial charge in [0.15, 0.2) is 11.5 Å². The first kappa shape index (κ1) is 11.7. The Morgan fingerprint density at radius 2 is 1.94 bits per heavy atom. The van der Waals surface area contributed by atoms with Gasteiger partial charge < -0.3 is 14.8 Å². The zero-order chi connectivity index (χ0) is 11.8. The Morgan fingerprint density at radius 3 is 2.38 bits per heavy atom. The predicted octanol–water partition coefficient (Wildman–Crippen LogP) is 2.67. The molecule has 0 atom stereocenters. The summed E-state index contributed by atoms with van der Waals surface area (Å²) >= 11 is 3.52. The van der Waals surface area contributed by atoms with Gasteiger partial charge >= 0.3 is 0 Å². The van der Waals surface area contributed by atoms with Gasteiger partial charge in [-0.3, -0.25) is 0 Å². The van der Waals surface area contributed by atoms with E-state index in [1.54, 1.807) is 14.2 Å². The van der Waals surface area contributed by atoms with Gasteiger partial charge in [-0.05, 0) is 53.5 Å². The van der Waals surface area contributed by atoms with Gasteiger partial charge in [-0.15, -0.1) is 0 Å². The first-order chi connectivity index (χ1) is 7.66. The molecule has 16 heavy (non-hydrogen) atoms. The summed E-state index contributed by atoms with van der Waals surface area (Å²) in [5.74, 6) is 1.52. The third kappa shape index (κ3) is 1.80. The van der Waals surface area contributed by atoms with E-state index in [2.05, 4.69) is 27.3 Å². The Labute approximate surface area is 104 Å². The van der Waals surface area contributed by atoms with Crippen molar-refractivity contribution in [1.29, 1.82) is 0 Å². The molecule has 4 heteroatoms. The molecule has 0 bridgehead atoms. The molecule has 0 saturated heterocycles. The number of rotatable bonds is 4. The van der Waals surface area contributed by atoms with Crippen LogP contribution in [0.1, 0.15) is 18.4 Å². The molecule has 3 nitrogen and oxygen atoms in total. The van der Waals surface area contributed by atoms with E-state index in [0.717, 1.165) is 16.0 Å². The molecule has 0 aromatic heterocycles. The van der Waals surface area contributed by atoms with E-state index < -0.39 is 0 Å². The van der Waals surface area contributed by atoms with E-state index in [1.165, 1.54) is 18.4 Å². The lowest BCUT2D eigenvalue weighted by molar-refractivity contribution is 0.352. The van der Waals surface area contributed by atoms with E-state index in [0.29, 0.717) is 0 Å². The molecule has 0 aliphatic heterocycles. The number of hydrogen-bond acceptors (Lipinski definition) is 3. The number of ether oxygens (including phenoxy) is 2. The molecule has 1 aliphatic carbocycles. The second-order valence-electron chi connectivity index (χ2n) is 4.03. The summed E-state index contributed by atoms with van der Waals surface area (Å²) < 4.78 is 11.6. The Hall–Kier alpha value is -0.740. The third-order valence-electron chi connectivity index (χ3n) is 3.21. The van der Waals surface area contributed by atoms with E-state index in [4.69, 9.17) is 9.47 Å². The van der Waals surface area contributed by atoms with Crippen molar-refractivity contribution in [3.8, 4) is 11.5 Å². The Kier molecular flexibility index (Phi) is 3.13. The highest BCUT2D eigenvalue weighted by Gasteiger charge is 2.43. The van der Waals surface area contributed by atoms with Crippen molar-refractivity contribution in [2.24, 2.45) is 0 Å². The molecule has 0 spiro atoms. The predicted molar refractivity (Wildman–Crippen MR) is 67.2 cm³/mol. The average Bonchev–Trinajstić information content (AvgIpc) is 3.08. The van der Waals surface area contributed by atoms with Gasteiger partial charge in [0.05, 0.1) is 18.7 Å². The van der Waals surface area contributed by atoms with Gasteiger partial charge in [-0.25, -0.2) is 0 Å². The molecule has 0 heterocycles. The Morgan fingerprint density at radius 1 is 1.25 bits per heavy atom. The normalized spacial score (nSPS) is 17.0. The smallest absolute Gasteiger partial charge is 0.174 e. The van der Waals surface area contributed by atoms with Crippen LogP contribution in [-0.4, -0.2) is 21.3 Å². The minimum atomic E-state index is 0.141. The largest absolute Gasteiger partial charge is 0.493 e. The summed E-state index contributed by atoms with van der Waals surface area (Å²) in [5, 5.41) is 3.37. The fraction of sp³-hybridized carbons (Fsp3) is 0.500. The van der Waals surface area contributed by atoms with Crippen LogP contribution in [0.25, 0.3) is 0 Å². The molecule has 0 radical (unpaired) electrons. The summed E-state index contributed by atoms with van der Waals surface area (Å²) in [6, 6.07) is 4.15. The number of nitrogens with one attached hydrogen (secondary N) is 1. The van der Waals surface area contributed by atoms with Gasteiger partial charge in [0.2, 0.25) is 0 Å². The van der Waals surface area contributed by atoms with Crippen molar-refractivity contribution in [1.82, 2.24) is 5.32 Å². The van der Waals surface area contributed by atoms with Crippen molar-refractivity contribution < 1.29 is 9.47 Å². The highest BCUT2D eigenvalue weighted by molar-refractivity contribution is 9.10. The van der Waals surface area contributed by atoms with Gasteiger partial charge in [-0.2, -0.15) is 0 Å². The van der Waals surface area contributed by atoms with E-state index in [1.807, 2.05) is 13.1 Å². The molecular weight excluding hydrogens is 270 g/mol. The minimum absolute atomic E-state index is 0.141. The fourth-order valence-electron chi connectivity index (χ4n) is 2.00. The molecule has 1 N–H and O–H groups in total. The molecule has 88 valence electrons.